The number of nitrogens with one attached hydrogen (secondary N) is 2. The molecular formula is C15H19N3O2. The van der Waals surface area contributed by atoms with Crippen molar-refractivity contribution in [1.82, 2.24) is 10.6 Å². The highest BCUT2D eigenvalue weighted by Gasteiger charge is 2.06. The largest absolute Gasteiger partial charge is 0.355 e. The minimum atomic E-state index is -0.185. The Morgan fingerprint density at radius 2 is 1.90 bits per heavy atom. The van der Waals surface area contributed by atoms with Gasteiger partial charge in [-0.2, -0.15) is 0 Å². The Kier molecular flexibility index (Phi) is 6.27. The van der Waals surface area contributed by atoms with E-state index < -0.39 is 0 Å². The van der Waals surface area contributed by atoms with Crippen LogP contribution in [0.15, 0.2) is 18.2 Å². The molecule has 0 atom stereocenters. The van der Waals surface area contributed by atoms with Gasteiger partial charge in [0, 0.05) is 31.1 Å². The molecule has 1 aromatic rings. The minimum Gasteiger partial charge on any atom is -0.355 e. The first-order chi connectivity index (χ1) is 9.52. The lowest BCUT2D eigenvalue weighted by Gasteiger charge is -2.07. The summed E-state index contributed by atoms with van der Waals surface area (Å²) >= 11 is 0. The molecule has 0 spiro atoms. The summed E-state index contributed by atoms with van der Waals surface area (Å²) in [6.07, 6.45) is 0. The lowest BCUT2D eigenvalue weighted by Crippen LogP contribution is -2.33. The molecule has 5 nitrogen and oxygen atoms in total. The van der Waals surface area contributed by atoms with Crippen LogP contribution in [0.5, 0.6) is 0 Å². The van der Waals surface area contributed by atoms with Gasteiger partial charge in [-0.15, -0.1) is 0 Å². The molecule has 20 heavy (non-hydrogen) atoms. The average Bonchev–Trinajstić information content (AvgIpc) is 2.40. The van der Waals surface area contributed by atoms with Gasteiger partial charge in [-0.05, 0) is 30.7 Å². The van der Waals surface area contributed by atoms with Crippen molar-refractivity contribution in [3.8, 4) is 11.8 Å². The van der Waals surface area contributed by atoms with Crippen LogP contribution in [-0.4, -0.2) is 31.4 Å². The molecule has 1 rings (SSSR count). The molecule has 0 bridgehead atoms. The number of amides is 2. The molecule has 0 radical (unpaired) electrons. The van der Waals surface area contributed by atoms with Gasteiger partial charge < -0.3 is 16.4 Å². The highest BCUT2D eigenvalue weighted by Crippen LogP contribution is 2.08. The van der Waals surface area contributed by atoms with Gasteiger partial charge >= 0.3 is 0 Å². The fourth-order valence-electron chi connectivity index (χ4n) is 1.66. The van der Waals surface area contributed by atoms with Crippen LogP contribution in [0.1, 0.15) is 28.4 Å². The second kappa shape index (κ2) is 7.97. The number of rotatable bonds is 4. The van der Waals surface area contributed by atoms with Gasteiger partial charge in [-0.1, -0.05) is 11.8 Å². The number of benzene rings is 1. The summed E-state index contributed by atoms with van der Waals surface area (Å²) in [6.45, 7) is 4.42. The Morgan fingerprint density at radius 3 is 2.55 bits per heavy atom. The van der Waals surface area contributed by atoms with Crippen molar-refractivity contribution in [1.29, 1.82) is 0 Å². The zero-order chi connectivity index (χ0) is 15.0. The number of hydrogen-bond donors (Lipinski definition) is 3. The van der Waals surface area contributed by atoms with Gasteiger partial charge in [0.25, 0.3) is 5.91 Å². The Labute approximate surface area is 118 Å². The van der Waals surface area contributed by atoms with Crippen molar-refractivity contribution < 1.29 is 9.59 Å². The molecule has 0 aliphatic heterocycles. The fourth-order valence-corrected chi connectivity index (χ4v) is 1.66. The van der Waals surface area contributed by atoms with Crippen LogP contribution in [0.2, 0.25) is 0 Å². The quantitative estimate of drug-likeness (QED) is 0.540. The van der Waals surface area contributed by atoms with Crippen LogP contribution in [0.3, 0.4) is 0 Å². The third-order valence-electron chi connectivity index (χ3n) is 2.46. The summed E-state index contributed by atoms with van der Waals surface area (Å²) in [7, 11) is 0. The summed E-state index contributed by atoms with van der Waals surface area (Å²) in [5.41, 5.74) is 7.61. The molecule has 0 heterocycles. The Balaban J connectivity index is 2.67. The van der Waals surface area contributed by atoms with Crippen LogP contribution >= 0.6 is 0 Å². The van der Waals surface area contributed by atoms with E-state index in [9.17, 15) is 9.59 Å². The second-order valence-corrected chi connectivity index (χ2v) is 4.33. The average molecular weight is 273 g/mol. The third-order valence-corrected chi connectivity index (χ3v) is 2.46. The van der Waals surface area contributed by atoms with E-state index in [1.54, 1.807) is 12.1 Å². The van der Waals surface area contributed by atoms with Gasteiger partial charge in [0.05, 0.1) is 6.54 Å². The van der Waals surface area contributed by atoms with Crippen molar-refractivity contribution in [3.63, 3.8) is 0 Å². The molecule has 0 aliphatic rings. The molecule has 2 amide bonds. The molecule has 4 N–H and O–H groups in total. The van der Waals surface area contributed by atoms with Gasteiger partial charge in [-0.3, -0.25) is 9.59 Å². The first-order valence-electron chi connectivity index (χ1n) is 6.36. The molecule has 0 fully saturated rings. The van der Waals surface area contributed by atoms with E-state index in [0.29, 0.717) is 18.7 Å². The van der Waals surface area contributed by atoms with Crippen molar-refractivity contribution >= 4 is 11.8 Å². The molecule has 0 saturated heterocycles. The Morgan fingerprint density at radius 1 is 1.20 bits per heavy atom. The molecule has 1 aromatic carbocycles. The monoisotopic (exact) mass is 273 g/mol. The lowest BCUT2D eigenvalue weighted by molar-refractivity contribution is -0.118. The number of aryl methyl sites for hydroxylation is 1. The van der Waals surface area contributed by atoms with Crippen molar-refractivity contribution in [2.75, 3.05) is 19.6 Å². The first-order valence-corrected chi connectivity index (χ1v) is 6.36. The Bertz CT molecular complexity index is 556. The van der Waals surface area contributed by atoms with Crippen LogP contribution in [0, 0.1) is 18.8 Å². The lowest BCUT2D eigenvalue weighted by atomic mass is 10.1. The summed E-state index contributed by atoms with van der Waals surface area (Å²) in [5, 5.41) is 5.35. The minimum absolute atomic E-state index is 0.117. The van der Waals surface area contributed by atoms with Gasteiger partial charge in [0.15, 0.2) is 0 Å². The van der Waals surface area contributed by atoms with Crippen LogP contribution in [0.25, 0.3) is 0 Å². The topological polar surface area (TPSA) is 84.2 Å². The fraction of sp³-hybridized carbons (Fsp3) is 0.333. The number of hydrogen-bond acceptors (Lipinski definition) is 3. The van der Waals surface area contributed by atoms with Crippen LogP contribution < -0.4 is 16.4 Å². The van der Waals surface area contributed by atoms with E-state index in [1.165, 1.54) is 6.92 Å². The Hall–Kier alpha value is -2.32. The molecule has 0 aliphatic carbocycles. The zero-order valence-corrected chi connectivity index (χ0v) is 11.7. The van der Waals surface area contributed by atoms with E-state index in [2.05, 4.69) is 22.5 Å². The predicted molar refractivity (Wildman–Crippen MR) is 78.1 cm³/mol. The normalized spacial score (nSPS) is 9.35. The highest BCUT2D eigenvalue weighted by molar-refractivity contribution is 5.94. The van der Waals surface area contributed by atoms with Crippen molar-refractivity contribution in [3.05, 3.63) is 34.9 Å². The molecule has 0 saturated carbocycles. The molecule has 0 aromatic heterocycles. The summed E-state index contributed by atoms with van der Waals surface area (Å²) < 4.78 is 0. The number of carbonyl (C=O) groups is 2. The van der Waals surface area contributed by atoms with E-state index in [1.807, 2.05) is 13.0 Å². The van der Waals surface area contributed by atoms with E-state index in [4.69, 9.17) is 5.73 Å². The summed E-state index contributed by atoms with van der Waals surface area (Å²) in [4.78, 5) is 22.7. The number of carbonyl (C=O) groups excluding carboxylic acids is 2. The predicted octanol–water partition coefficient (Wildman–Crippen LogP) is 0.171. The van der Waals surface area contributed by atoms with E-state index >= 15 is 0 Å². The van der Waals surface area contributed by atoms with Gasteiger partial charge in [0.1, 0.15) is 0 Å². The SMILES string of the molecule is CC(=O)NCCNC(=O)c1cc(C)cc(C#CCN)c1. The summed E-state index contributed by atoms with van der Waals surface area (Å²) in [6, 6.07) is 5.42. The first kappa shape index (κ1) is 15.7. The second-order valence-electron chi connectivity index (χ2n) is 4.33. The maximum atomic E-state index is 12.0. The zero-order valence-electron chi connectivity index (χ0n) is 11.7. The third kappa shape index (κ3) is 5.55. The van der Waals surface area contributed by atoms with Crippen LogP contribution in [-0.2, 0) is 4.79 Å². The maximum Gasteiger partial charge on any atom is 0.251 e. The molecule has 5 heteroatoms. The highest BCUT2D eigenvalue weighted by atomic mass is 16.2. The molecular weight excluding hydrogens is 254 g/mol. The van der Waals surface area contributed by atoms with E-state index in [0.717, 1.165) is 11.1 Å². The molecule has 0 unspecified atom stereocenters. The standard InChI is InChI=1S/C15H19N3O2/c1-11-8-13(4-3-5-16)10-14(9-11)15(20)18-7-6-17-12(2)19/h8-10H,5-7,16H2,1-2H3,(H,17,19)(H,18,20). The maximum absolute atomic E-state index is 12.0. The van der Waals surface area contributed by atoms with Crippen LogP contribution in [0.4, 0.5) is 0 Å². The molecule has 106 valence electrons. The summed E-state index contributed by atoms with van der Waals surface area (Å²) in [5.74, 6) is 5.37. The van der Waals surface area contributed by atoms with Gasteiger partial charge in [-0.25, -0.2) is 0 Å². The van der Waals surface area contributed by atoms with E-state index in [-0.39, 0.29) is 18.4 Å². The van der Waals surface area contributed by atoms with Gasteiger partial charge in [0.2, 0.25) is 5.91 Å². The smallest absolute Gasteiger partial charge is 0.251 e. The van der Waals surface area contributed by atoms with Crippen molar-refractivity contribution in [2.24, 2.45) is 5.73 Å². The number of nitrogens with two attached hydrogens (primary N) is 1. The van der Waals surface area contributed by atoms with Crippen molar-refractivity contribution in [2.45, 2.75) is 13.8 Å².